The maximum atomic E-state index is 12.3. The molecule has 1 amide bonds. The first-order valence-corrected chi connectivity index (χ1v) is 8.54. The fourth-order valence-corrected chi connectivity index (χ4v) is 3.66. The number of amides is 1. The Morgan fingerprint density at radius 3 is 2.62 bits per heavy atom. The molecule has 2 unspecified atom stereocenters. The zero-order valence-electron chi connectivity index (χ0n) is 11.3. The highest BCUT2D eigenvalue weighted by Crippen LogP contribution is 2.58. The quantitative estimate of drug-likeness (QED) is 0.322. The number of rotatable bonds is 8. The molecule has 0 spiro atoms. The Hall–Kier alpha value is -0.620. The van der Waals surface area contributed by atoms with Gasteiger partial charge in [0.15, 0.2) is 0 Å². The van der Waals surface area contributed by atoms with Crippen LogP contribution in [0.3, 0.4) is 0 Å². The fourth-order valence-electron chi connectivity index (χ4n) is 1.82. The van der Waals surface area contributed by atoms with Crippen LogP contribution in [0.4, 0.5) is 0 Å². The summed E-state index contributed by atoms with van der Waals surface area (Å²) in [4.78, 5) is 20.4. The van der Waals surface area contributed by atoms with E-state index in [4.69, 9.17) is 32.9 Å². The number of nitrogens with zero attached hydrogens (tertiary/aromatic N) is 1. The largest absolute Gasteiger partial charge is 0.335 e. The molecule has 1 aromatic carbocycles. The highest BCUT2D eigenvalue weighted by Gasteiger charge is 2.34. The molecule has 0 saturated carbocycles. The molecule has 1 rings (SSSR count). The molecule has 2 N–H and O–H groups in total. The molecule has 0 bridgehead atoms. The second kappa shape index (κ2) is 8.13. The van der Waals surface area contributed by atoms with Gasteiger partial charge in [-0.05, 0) is 31.0 Å². The van der Waals surface area contributed by atoms with E-state index < -0.39 is 13.3 Å². The standard InChI is InChI=1S/C12H16Cl2NO5P/c1-2-20-21(18,19)12(5-6-15(17)8-16)9-3-4-10(13)11(14)7-9/h3-4,7-8,12,17H,2,5-6H2,1H3,(H,18,19). The molecule has 21 heavy (non-hydrogen) atoms. The van der Waals surface area contributed by atoms with Crippen molar-refractivity contribution in [2.24, 2.45) is 0 Å². The molecule has 0 heterocycles. The lowest BCUT2D eigenvalue weighted by Gasteiger charge is -2.24. The van der Waals surface area contributed by atoms with E-state index in [0.29, 0.717) is 15.6 Å². The van der Waals surface area contributed by atoms with Gasteiger partial charge in [-0.3, -0.25) is 14.6 Å². The highest BCUT2D eigenvalue weighted by atomic mass is 35.5. The minimum atomic E-state index is -3.98. The first-order valence-electron chi connectivity index (χ1n) is 6.14. The van der Waals surface area contributed by atoms with Crippen LogP contribution in [0.1, 0.15) is 24.6 Å². The summed E-state index contributed by atoms with van der Waals surface area (Å²) in [7, 11) is -3.98. The number of hydrogen-bond donors (Lipinski definition) is 2. The van der Waals surface area contributed by atoms with E-state index in [-0.39, 0.29) is 31.0 Å². The lowest BCUT2D eigenvalue weighted by atomic mass is 10.1. The van der Waals surface area contributed by atoms with Crippen molar-refractivity contribution in [1.29, 1.82) is 0 Å². The number of hydrogen-bond acceptors (Lipinski definition) is 4. The second-order valence-electron chi connectivity index (χ2n) is 4.23. The first-order chi connectivity index (χ1) is 9.81. The van der Waals surface area contributed by atoms with Gasteiger partial charge in [0.05, 0.1) is 22.3 Å². The lowest BCUT2D eigenvalue weighted by molar-refractivity contribution is -0.149. The van der Waals surface area contributed by atoms with Crippen molar-refractivity contribution in [3.63, 3.8) is 0 Å². The highest BCUT2D eigenvalue weighted by molar-refractivity contribution is 7.53. The van der Waals surface area contributed by atoms with Crippen molar-refractivity contribution in [2.45, 2.75) is 19.0 Å². The predicted molar refractivity (Wildman–Crippen MR) is 79.8 cm³/mol. The number of carbonyl (C=O) groups excluding carboxylic acids is 1. The van der Waals surface area contributed by atoms with Gasteiger partial charge < -0.3 is 9.42 Å². The average Bonchev–Trinajstić information content (AvgIpc) is 2.42. The van der Waals surface area contributed by atoms with E-state index in [0.717, 1.165) is 0 Å². The van der Waals surface area contributed by atoms with Gasteiger partial charge in [0, 0.05) is 6.54 Å². The van der Waals surface area contributed by atoms with Gasteiger partial charge in [-0.1, -0.05) is 29.3 Å². The van der Waals surface area contributed by atoms with Crippen molar-refractivity contribution in [3.8, 4) is 0 Å². The number of hydroxylamine groups is 2. The minimum absolute atomic E-state index is 0.0287. The molecule has 0 radical (unpaired) electrons. The van der Waals surface area contributed by atoms with Crippen LogP contribution in [0, 0.1) is 0 Å². The van der Waals surface area contributed by atoms with Gasteiger partial charge in [0.25, 0.3) is 0 Å². The van der Waals surface area contributed by atoms with Crippen LogP contribution < -0.4 is 0 Å². The Kier molecular flexibility index (Phi) is 7.13. The summed E-state index contributed by atoms with van der Waals surface area (Å²) >= 11 is 11.7. The van der Waals surface area contributed by atoms with E-state index >= 15 is 0 Å². The molecular formula is C12H16Cl2NO5P. The Balaban J connectivity index is 3.08. The van der Waals surface area contributed by atoms with E-state index in [1.54, 1.807) is 13.0 Å². The molecule has 6 nitrogen and oxygen atoms in total. The number of carbonyl (C=O) groups is 1. The van der Waals surface area contributed by atoms with Gasteiger partial charge in [0.1, 0.15) is 0 Å². The van der Waals surface area contributed by atoms with Crippen LogP contribution in [0.2, 0.25) is 10.0 Å². The summed E-state index contributed by atoms with van der Waals surface area (Å²) in [6.07, 6.45) is 0.246. The van der Waals surface area contributed by atoms with Crippen molar-refractivity contribution >= 4 is 37.2 Å². The summed E-state index contributed by atoms with van der Waals surface area (Å²) in [6, 6.07) is 4.54. The van der Waals surface area contributed by atoms with Crippen LogP contribution in [0.25, 0.3) is 0 Å². The molecule has 118 valence electrons. The average molecular weight is 356 g/mol. The molecule has 0 aliphatic heterocycles. The van der Waals surface area contributed by atoms with Crippen LogP contribution >= 0.6 is 30.8 Å². The van der Waals surface area contributed by atoms with Crippen molar-refractivity contribution < 1.29 is 24.0 Å². The van der Waals surface area contributed by atoms with Gasteiger partial charge in [-0.15, -0.1) is 0 Å². The molecule has 0 aliphatic carbocycles. The van der Waals surface area contributed by atoms with Crippen molar-refractivity contribution in [1.82, 2.24) is 5.06 Å². The predicted octanol–water partition coefficient (Wildman–Crippen LogP) is 3.49. The Labute approximate surface area is 132 Å². The molecular weight excluding hydrogens is 340 g/mol. The number of benzene rings is 1. The van der Waals surface area contributed by atoms with Crippen LogP contribution in [-0.4, -0.2) is 34.7 Å². The minimum Gasteiger partial charge on any atom is -0.324 e. The van der Waals surface area contributed by atoms with Crippen LogP contribution in [-0.2, 0) is 13.9 Å². The second-order valence-corrected chi connectivity index (χ2v) is 7.05. The molecule has 0 aliphatic rings. The summed E-state index contributed by atoms with van der Waals surface area (Å²) in [5.41, 5.74) is -0.482. The smallest absolute Gasteiger partial charge is 0.324 e. The summed E-state index contributed by atoms with van der Waals surface area (Å²) in [5.74, 6) is 0. The van der Waals surface area contributed by atoms with Gasteiger partial charge in [-0.25, -0.2) is 5.06 Å². The van der Waals surface area contributed by atoms with E-state index in [1.165, 1.54) is 12.1 Å². The fraction of sp³-hybridized carbons (Fsp3) is 0.417. The topological polar surface area (TPSA) is 87.1 Å². The van der Waals surface area contributed by atoms with Crippen LogP contribution in [0.15, 0.2) is 18.2 Å². The lowest BCUT2D eigenvalue weighted by Crippen LogP contribution is -2.20. The van der Waals surface area contributed by atoms with E-state index in [1.807, 2.05) is 0 Å². The molecule has 1 aromatic rings. The third kappa shape index (κ3) is 5.25. The van der Waals surface area contributed by atoms with Gasteiger partial charge in [-0.2, -0.15) is 0 Å². The molecule has 0 fully saturated rings. The molecule has 9 heteroatoms. The maximum absolute atomic E-state index is 12.3. The molecule has 0 aromatic heterocycles. The Morgan fingerprint density at radius 2 is 2.10 bits per heavy atom. The summed E-state index contributed by atoms with van der Waals surface area (Å²) in [5, 5.41) is 10.1. The number of halogens is 2. The first kappa shape index (κ1) is 18.4. The van der Waals surface area contributed by atoms with E-state index in [2.05, 4.69) is 0 Å². The summed E-state index contributed by atoms with van der Waals surface area (Å²) < 4.78 is 17.2. The third-order valence-electron chi connectivity index (χ3n) is 2.79. The van der Waals surface area contributed by atoms with Crippen molar-refractivity contribution in [2.75, 3.05) is 13.2 Å². The monoisotopic (exact) mass is 355 g/mol. The van der Waals surface area contributed by atoms with Crippen molar-refractivity contribution in [3.05, 3.63) is 33.8 Å². The zero-order chi connectivity index (χ0) is 16.0. The van der Waals surface area contributed by atoms with Gasteiger partial charge >= 0.3 is 7.60 Å². The maximum Gasteiger partial charge on any atom is 0.335 e. The van der Waals surface area contributed by atoms with Crippen LogP contribution in [0.5, 0.6) is 0 Å². The molecule has 0 saturated heterocycles. The Morgan fingerprint density at radius 1 is 1.43 bits per heavy atom. The Bertz CT molecular complexity index is 542. The SMILES string of the molecule is CCOP(=O)(O)C(CCN(O)C=O)c1ccc(Cl)c(Cl)c1. The molecule has 2 atom stereocenters. The summed E-state index contributed by atoms with van der Waals surface area (Å²) in [6.45, 7) is 1.53. The van der Waals surface area contributed by atoms with Gasteiger partial charge in [0.2, 0.25) is 6.41 Å². The third-order valence-corrected chi connectivity index (χ3v) is 5.50. The van der Waals surface area contributed by atoms with E-state index in [9.17, 15) is 14.3 Å². The normalized spacial score (nSPS) is 15.3. The zero-order valence-corrected chi connectivity index (χ0v) is 13.7.